The molecular weight excluding hydrogens is 336 g/mol. The molecule has 1 aromatic carbocycles. The van der Waals surface area contributed by atoms with Crippen molar-refractivity contribution in [1.29, 1.82) is 0 Å². The van der Waals surface area contributed by atoms with Crippen molar-refractivity contribution in [1.82, 2.24) is 24.6 Å². The third kappa shape index (κ3) is 4.01. The van der Waals surface area contributed by atoms with Crippen molar-refractivity contribution in [3.05, 3.63) is 70.4 Å². The third-order valence-corrected chi connectivity index (χ3v) is 5.16. The zero-order valence-corrected chi connectivity index (χ0v) is 16.2. The van der Waals surface area contributed by atoms with Crippen molar-refractivity contribution in [2.75, 3.05) is 11.9 Å². The van der Waals surface area contributed by atoms with Gasteiger partial charge in [-0.1, -0.05) is 17.7 Å². The first-order valence-corrected chi connectivity index (χ1v) is 9.43. The highest BCUT2D eigenvalue weighted by Gasteiger charge is 2.19. The van der Waals surface area contributed by atoms with E-state index in [0.29, 0.717) is 6.54 Å². The van der Waals surface area contributed by atoms with Gasteiger partial charge in [0.2, 0.25) is 0 Å². The highest BCUT2D eigenvalue weighted by Crippen LogP contribution is 2.22. The summed E-state index contributed by atoms with van der Waals surface area (Å²) in [6, 6.07) is 6.77. The Bertz CT molecular complexity index is 908. The van der Waals surface area contributed by atoms with Crippen LogP contribution in [-0.4, -0.2) is 31.2 Å². The van der Waals surface area contributed by atoms with Crippen molar-refractivity contribution >= 4 is 5.82 Å². The maximum Gasteiger partial charge on any atom is 0.144 e. The first-order valence-electron chi connectivity index (χ1n) is 9.43. The Morgan fingerprint density at radius 3 is 2.59 bits per heavy atom. The van der Waals surface area contributed by atoms with Crippen LogP contribution >= 0.6 is 0 Å². The van der Waals surface area contributed by atoms with E-state index < -0.39 is 0 Å². The van der Waals surface area contributed by atoms with Gasteiger partial charge in [0.15, 0.2) is 0 Å². The number of hydrogen-bond acceptors (Lipinski definition) is 5. The Hall–Kier alpha value is -2.73. The fraction of sp³-hybridized carbons (Fsp3) is 0.381. The standard InChI is InChI=1S/C21H26N6/c1-15-8-16(2)20(17(3)9-15)14-26-6-7-27-19(13-26)10-18(25-27)11-24-21-12-22-4-5-23-21/h4-5,8-10,12H,6-7,11,13-14H2,1-3H3,(H,23,24). The van der Waals surface area contributed by atoms with Crippen LogP contribution in [0, 0.1) is 20.8 Å². The number of anilines is 1. The van der Waals surface area contributed by atoms with Gasteiger partial charge in [-0.2, -0.15) is 5.10 Å². The molecule has 0 radical (unpaired) electrons. The summed E-state index contributed by atoms with van der Waals surface area (Å²) in [6.07, 6.45) is 5.09. The SMILES string of the molecule is Cc1cc(C)c(CN2CCn3nc(CNc4cnccn4)cc3C2)c(C)c1. The number of nitrogens with one attached hydrogen (secondary N) is 1. The quantitative estimate of drug-likeness (QED) is 0.755. The lowest BCUT2D eigenvalue weighted by molar-refractivity contribution is 0.204. The van der Waals surface area contributed by atoms with Gasteiger partial charge in [0.25, 0.3) is 0 Å². The first-order chi connectivity index (χ1) is 13.1. The number of rotatable bonds is 5. The van der Waals surface area contributed by atoms with Crippen molar-refractivity contribution in [2.24, 2.45) is 0 Å². The van der Waals surface area contributed by atoms with Gasteiger partial charge in [-0.25, -0.2) is 4.98 Å². The Kier molecular flexibility index (Phi) is 4.90. The molecule has 0 amide bonds. The van der Waals surface area contributed by atoms with E-state index in [0.717, 1.165) is 37.7 Å². The molecule has 0 atom stereocenters. The number of aryl methyl sites for hydroxylation is 3. The second-order valence-corrected chi connectivity index (χ2v) is 7.38. The van der Waals surface area contributed by atoms with Gasteiger partial charge in [-0.3, -0.25) is 14.6 Å². The van der Waals surface area contributed by atoms with E-state index in [2.05, 4.69) is 63.8 Å². The molecule has 2 aromatic heterocycles. The smallest absolute Gasteiger partial charge is 0.144 e. The van der Waals surface area contributed by atoms with Crippen LogP contribution in [0.15, 0.2) is 36.8 Å². The second kappa shape index (κ2) is 7.48. The lowest BCUT2D eigenvalue weighted by atomic mass is 9.99. The van der Waals surface area contributed by atoms with E-state index in [4.69, 9.17) is 5.10 Å². The van der Waals surface area contributed by atoms with E-state index >= 15 is 0 Å². The van der Waals surface area contributed by atoms with Crippen molar-refractivity contribution in [3.63, 3.8) is 0 Å². The van der Waals surface area contributed by atoms with Crippen LogP contribution in [0.4, 0.5) is 5.82 Å². The summed E-state index contributed by atoms with van der Waals surface area (Å²) >= 11 is 0. The Morgan fingerprint density at radius 2 is 1.85 bits per heavy atom. The molecule has 3 heterocycles. The van der Waals surface area contributed by atoms with Crippen LogP contribution in [0.1, 0.15) is 33.6 Å². The van der Waals surface area contributed by atoms with Gasteiger partial charge in [-0.15, -0.1) is 0 Å². The fourth-order valence-electron chi connectivity index (χ4n) is 3.86. The minimum atomic E-state index is 0.662. The molecule has 4 rings (SSSR count). The van der Waals surface area contributed by atoms with E-state index in [1.54, 1.807) is 18.6 Å². The molecule has 1 aliphatic heterocycles. The maximum atomic E-state index is 4.73. The lowest BCUT2D eigenvalue weighted by Crippen LogP contribution is -2.33. The summed E-state index contributed by atoms with van der Waals surface area (Å²) in [5, 5.41) is 8.01. The van der Waals surface area contributed by atoms with E-state index in [9.17, 15) is 0 Å². The average molecular weight is 362 g/mol. The summed E-state index contributed by atoms with van der Waals surface area (Å²) in [7, 11) is 0. The molecule has 0 aliphatic carbocycles. The summed E-state index contributed by atoms with van der Waals surface area (Å²) in [5.41, 5.74) is 7.89. The van der Waals surface area contributed by atoms with Crippen molar-refractivity contribution in [3.8, 4) is 0 Å². The summed E-state index contributed by atoms with van der Waals surface area (Å²) in [5.74, 6) is 0.774. The highest BCUT2D eigenvalue weighted by atomic mass is 15.3. The zero-order chi connectivity index (χ0) is 18.8. The van der Waals surface area contributed by atoms with Crippen LogP contribution < -0.4 is 5.32 Å². The lowest BCUT2D eigenvalue weighted by Gasteiger charge is -2.28. The van der Waals surface area contributed by atoms with Crippen molar-refractivity contribution < 1.29 is 0 Å². The zero-order valence-electron chi connectivity index (χ0n) is 16.2. The predicted molar refractivity (Wildman–Crippen MR) is 106 cm³/mol. The Balaban J connectivity index is 1.42. The van der Waals surface area contributed by atoms with E-state index in [1.165, 1.54) is 27.9 Å². The van der Waals surface area contributed by atoms with Gasteiger partial charge in [0.1, 0.15) is 5.82 Å². The Morgan fingerprint density at radius 1 is 1.04 bits per heavy atom. The molecule has 0 saturated heterocycles. The second-order valence-electron chi connectivity index (χ2n) is 7.38. The topological polar surface area (TPSA) is 58.9 Å². The molecule has 0 bridgehead atoms. The van der Waals surface area contributed by atoms with Crippen LogP contribution in [0.5, 0.6) is 0 Å². The van der Waals surface area contributed by atoms with Crippen LogP contribution in [0.2, 0.25) is 0 Å². The molecule has 27 heavy (non-hydrogen) atoms. The minimum absolute atomic E-state index is 0.662. The summed E-state index contributed by atoms with van der Waals surface area (Å²) in [4.78, 5) is 10.8. The maximum absolute atomic E-state index is 4.73. The Labute approximate surface area is 160 Å². The number of benzene rings is 1. The average Bonchev–Trinajstić information content (AvgIpc) is 3.06. The van der Waals surface area contributed by atoms with Gasteiger partial charge in [-0.05, 0) is 43.5 Å². The molecule has 0 unspecified atom stereocenters. The predicted octanol–water partition coefficient (Wildman–Crippen LogP) is 3.23. The van der Waals surface area contributed by atoms with Gasteiger partial charge in [0.05, 0.1) is 30.7 Å². The molecule has 140 valence electrons. The highest BCUT2D eigenvalue weighted by molar-refractivity contribution is 5.37. The monoisotopic (exact) mass is 362 g/mol. The first kappa shape index (κ1) is 17.7. The molecule has 1 N–H and O–H groups in total. The van der Waals surface area contributed by atoms with E-state index in [1.807, 2.05) is 0 Å². The van der Waals surface area contributed by atoms with Gasteiger partial charge >= 0.3 is 0 Å². The molecule has 6 nitrogen and oxygen atoms in total. The van der Waals surface area contributed by atoms with E-state index in [-0.39, 0.29) is 0 Å². The molecule has 3 aromatic rings. The molecule has 0 spiro atoms. The molecule has 0 fully saturated rings. The minimum Gasteiger partial charge on any atom is -0.363 e. The summed E-state index contributed by atoms with van der Waals surface area (Å²) in [6.45, 7) is 11.2. The number of nitrogens with zero attached hydrogens (tertiary/aromatic N) is 5. The van der Waals surface area contributed by atoms with Crippen LogP contribution in [0.25, 0.3) is 0 Å². The summed E-state index contributed by atoms with van der Waals surface area (Å²) < 4.78 is 2.14. The van der Waals surface area contributed by atoms with Gasteiger partial charge < -0.3 is 5.32 Å². The number of fused-ring (bicyclic) bond motifs is 1. The van der Waals surface area contributed by atoms with Crippen LogP contribution in [0.3, 0.4) is 0 Å². The third-order valence-electron chi connectivity index (χ3n) is 5.16. The molecule has 0 saturated carbocycles. The number of aromatic nitrogens is 4. The molecule has 6 heteroatoms. The molecular formula is C21H26N6. The fourth-order valence-corrected chi connectivity index (χ4v) is 3.86. The van der Waals surface area contributed by atoms with Gasteiger partial charge in [0, 0.05) is 32.0 Å². The molecule has 1 aliphatic rings. The van der Waals surface area contributed by atoms with Crippen molar-refractivity contribution in [2.45, 2.75) is 47.0 Å². The normalized spacial score (nSPS) is 14.2. The van der Waals surface area contributed by atoms with Crippen LogP contribution in [-0.2, 0) is 26.2 Å². The number of hydrogen-bond donors (Lipinski definition) is 1. The largest absolute Gasteiger partial charge is 0.363 e.